The number of rotatable bonds is 1. The van der Waals surface area contributed by atoms with Gasteiger partial charge in [0, 0.05) is 14.1 Å². The van der Waals surface area contributed by atoms with Crippen LogP contribution in [0.1, 0.15) is 0 Å². The summed E-state index contributed by atoms with van der Waals surface area (Å²) in [4.78, 5) is 9.22. The third kappa shape index (κ3) is 3.89. The maximum Gasteiger partial charge on any atom is 0.430 e. The Kier molecular flexibility index (Phi) is 3.15. The molecular weight excluding hydrogens is 190 g/mol. The van der Waals surface area contributed by atoms with E-state index in [-0.39, 0.29) is 4.74 Å². The van der Waals surface area contributed by atoms with E-state index in [9.17, 15) is 10.1 Å². The van der Waals surface area contributed by atoms with Gasteiger partial charge in [0.25, 0.3) is 0 Å². The summed E-state index contributed by atoms with van der Waals surface area (Å²) in [7, 11) is 3.20. The van der Waals surface area contributed by atoms with Crippen molar-refractivity contribution in [3.8, 4) is 0 Å². The molecule has 0 aromatic rings. The summed E-state index contributed by atoms with van der Waals surface area (Å²) in [6.45, 7) is 0. The van der Waals surface area contributed by atoms with Crippen LogP contribution < -0.4 is 0 Å². The Morgan fingerprint density at radius 2 is 2.22 bits per heavy atom. The molecule has 0 spiro atoms. The van der Waals surface area contributed by atoms with Crippen LogP contribution in [0.3, 0.4) is 0 Å². The van der Waals surface area contributed by atoms with Crippen molar-refractivity contribution in [3.63, 3.8) is 0 Å². The van der Waals surface area contributed by atoms with Crippen LogP contribution in [-0.2, 0) is 0 Å². The molecule has 0 N–H and O–H groups in total. The largest absolute Gasteiger partial charge is 0.430 e. The van der Waals surface area contributed by atoms with Crippen molar-refractivity contribution < 1.29 is 4.92 Å². The highest BCUT2D eigenvalue weighted by molar-refractivity contribution is 9.18. The van der Waals surface area contributed by atoms with Gasteiger partial charge in [0.1, 0.15) is 0 Å². The third-order valence-corrected chi connectivity index (χ3v) is 0.881. The quantitative estimate of drug-likeness (QED) is 0.201. The Bertz CT molecular complexity index is 144. The molecule has 5 nitrogen and oxygen atoms in total. The predicted molar refractivity (Wildman–Crippen MR) is 37.0 cm³/mol. The standard InChI is InChI=1S/C3H6BrN3O2/c1-6(2)5-3(4)7(8)9/h1-2H3. The molecule has 52 valence electrons. The lowest BCUT2D eigenvalue weighted by Crippen LogP contribution is -2.10. The van der Waals surface area contributed by atoms with Gasteiger partial charge in [-0.1, -0.05) is 0 Å². The first kappa shape index (κ1) is 8.35. The number of nitro groups is 1. The smallest absolute Gasteiger partial charge is 0.357 e. The summed E-state index contributed by atoms with van der Waals surface area (Å²) in [5.74, 6) is 0. The van der Waals surface area contributed by atoms with Gasteiger partial charge in [-0.3, -0.25) is 0 Å². The van der Waals surface area contributed by atoms with Crippen LogP contribution in [0.5, 0.6) is 0 Å². The topological polar surface area (TPSA) is 58.7 Å². The number of halogens is 1. The molecule has 0 amide bonds. The van der Waals surface area contributed by atoms with Crippen molar-refractivity contribution in [3.05, 3.63) is 10.1 Å². The minimum atomic E-state index is -0.611. The number of hydrazone groups is 1. The lowest BCUT2D eigenvalue weighted by atomic mass is 11.1. The molecule has 0 rings (SSSR count). The maximum atomic E-state index is 9.84. The lowest BCUT2D eigenvalue weighted by molar-refractivity contribution is -0.343. The van der Waals surface area contributed by atoms with Crippen molar-refractivity contribution in [1.29, 1.82) is 0 Å². The van der Waals surface area contributed by atoms with Crippen molar-refractivity contribution in [2.24, 2.45) is 5.10 Å². The summed E-state index contributed by atoms with van der Waals surface area (Å²) in [6.07, 6.45) is 0. The fraction of sp³-hybridized carbons (Fsp3) is 0.667. The van der Waals surface area contributed by atoms with Crippen LogP contribution in [0.15, 0.2) is 5.10 Å². The molecule has 0 aliphatic heterocycles. The second-order valence-corrected chi connectivity index (χ2v) is 2.18. The summed E-state index contributed by atoms with van der Waals surface area (Å²) >= 11 is 2.65. The fourth-order valence-corrected chi connectivity index (χ4v) is 0.519. The second kappa shape index (κ2) is 3.39. The van der Waals surface area contributed by atoms with Crippen molar-refractivity contribution in [2.75, 3.05) is 14.1 Å². The molecule has 0 radical (unpaired) electrons. The van der Waals surface area contributed by atoms with Gasteiger partial charge in [-0.15, -0.1) is 0 Å². The summed E-state index contributed by atoms with van der Waals surface area (Å²) in [5.41, 5.74) is 0. The van der Waals surface area contributed by atoms with E-state index in [4.69, 9.17) is 0 Å². The SMILES string of the molecule is CN(C)N=C(Br)[N+](=O)[O-]. The summed E-state index contributed by atoms with van der Waals surface area (Å²) in [5, 5.41) is 14.6. The molecule has 0 aliphatic carbocycles. The molecule has 6 heteroatoms. The first-order chi connectivity index (χ1) is 4.04. The van der Waals surface area contributed by atoms with Gasteiger partial charge in [-0.2, -0.15) is 0 Å². The number of hydrogen-bond acceptors (Lipinski definition) is 4. The van der Waals surface area contributed by atoms with Crippen LogP contribution >= 0.6 is 15.9 Å². The third-order valence-electron chi connectivity index (χ3n) is 0.433. The molecule has 0 aliphatic rings. The Balaban J connectivity index is 4.00. The van der Waals surface area contributed by atoms with E-state index >= 15 is 0 Å². The van der Waals surface area contributed by atoms with Crippen LogP contribution in [0.2, 0.25) is 0 Å². The zero-order chi connectivity index (χ0) is 7.44. The average molecular weight is 196 g/mol. The minimum Gasteiger partial charge on any atom is -0.357 e. The highest BCUT2D eigenvalue weighted by Gasteiger charge is 2.05. The van der Waals surface area contributed by atoms with Crippen LogP contribution in [-0.4, -0.2) is 28.8 Å². The molecule has 0 saturated carbocycles. The maximum absolute atomic E-state index is 9.84. The van der Waals surface area contributed by atoms with Crippen LogP contribution in [0, 0.1) is 10.1 Å². The monoisotopic (exact) mass is 195 g/mol. The molecule has 0 aromatic heterocycles. The fourth-order valence-electron chi connectivity index (χ4n) is 0.202. The Hall–Kier alpha value is -0.650. The van der Waals surface area contributed by atoms with E-state index in [1.165, 1.54) is 5.01 Å². The molecule has 0 saturated heterocycles. The molecule has 0 unspecified atom stereocenters. The van der Waals surface area contributed by atoms with Gasteiger partial charge >= 0.3 is 4.74 Å². The van der Waals surface area contributed by atoms with Gasteiger partial charge in [0.2, 0.25) is 0 Å². The van der Waals surface area contributed by atoms with Crippen LogP contribution in [0.25, 0.3) is 0 Å². The summed E-state index contributed by atoms with van der Waals surface area (Å²) < 4.78 is -0.285. The van der Waals surface area contributed by atoms with Gasteiger partial charge in [0.05, 0.1) is 21.0 Å². The van der Waals surface area contributed by atoms with Gasteiger partial charge in [-0.05, 0) is 4.92 Å². The molecule has 0 fully saturated rings. The highest BCUT2D eigenvalue weighted by atomic mass is 79.9. The first-order valence-corrected chi connectivity index (χ1v) is 2.89. The van der Waals surface area contributed by atoms with E-state index in [1.807, 2.05) is 0 Å². The van der Waals surface area contributed by atoms with E-state index in [0.29, 0.717) is 0 Å². The first-order valence-electron chi connectivity index (χ1n) is 2.10. The highest BCUT2D eigenvalue weighted by Crippen LogP contribution is 1.91. The normalized spacial score (nSPS) is 11.2. The Morgan fingerprint density at radius 3 is 2.33 bits per heavy atom. The molecule has 9 heavy (non-hydrogen) atoms. The second-order valence-electron chi connectivity index (χ2n) is 1.47. The number of nitrogens with zero attached hydrogens (tertiary/aromatic N) is 3. The van der Waals surface area contributed by atoms with E-state index < -0.39 is 4.92 Å². The molecule has 0 heterocycles. The zero-order valence-electron chi connectivity index (χ0n) is 5.04. The molecule has 0 aromatic carbocycles. The Labute approximate surface area is 60.6 Å². The van der Waals surface area contributed by atoms with E-state index in [0.717, 1.165) is 0 Å². The van der Waals surface area contributed by atoms with Crippen LogP contribution in [0.4, 0.5) is 0 Å². The molecule has 0 bridgehead atoms. The van der Waals surface area contributed by atoms with E-state index in [2.05, 4.69) is 21.0 Å². The minimum absolute atomic E-state index is 0.285. The average Bonchev–Trinajstić information content (AvgIpc) is 1.63. The molecule has 0 atom stereocenters. The molecular formula is C3H6BrN3O2. The Morgan fingerprint density at radius 1 is 1.78 bits per heavy atom. The van der Waals surface area contributed by atoms with Crippen molar-refractivity contribution in [1.82, 2.24) is 5.01 Å². The lowest BCUT2D eigenvalue weighted by Gasteiger charge is -1.93. The number of amidine groups is 1. The van der Waals surface area contributed by atoms with Gasteiger partial charge in [0.15, 0.2) is 0 Å². The number of hydrogen-bond donors (Lipinski definition) is 0. The van der Waals surface area contributed by atoms with Crippen molar-refractivity contribution >= 4 is 20.7 Å². The van der Waals surface area contributed by atoms with Gasteiger partial charge < -0.3 is 10.1 Å². The van der Waals surface area contributed by atoms with E-state index in [1.54, 1.807) is 14.1 Å². The zero-order valence-corrected chi connectivity index (χ0v) is 6.62. The summed E-state index contributed by atoms with van der Waals surface area (Å²) in [6, 6.07) is 0. The predicted octanol–water partition coefficient (Wildman–Crippen LogP) is 0.491. The van der Waals surface area contributed by atoms with Crippen molar-refractivity contribution in [2.45, 2.75) is 0 Å². The van der Waals surface area contributed by atoms with Gasteiger partial charge in [-0.25, -0.2) is 5.01 Å².